The average Bonchev–Trinajstić information content (AvgIpc) is 3.34. The first-order chi connectivity index (χ1) is 19.8. The molecule has 10 heteroatoms. The third kappa shape index (κ3) is 6.66. The van der Waals surface area contributed by atoms with Gasteiger partial charge in [0.25, 0.3) is 5.91 Å². The van der Waals surface area contributed by atoms with Crippen LogP contribution < -0.4 is 15.6 Å². The van der Waals surface area contributed by atoms with Crippen LogP contribution in [0.3, 0.4) is 0 Å². The highest BCUT2D eigenvalue weighted by Gasteiger charge is 2.24. The van der Waals surface area contributed by atoms with Crippen molar-refractivity contribution in [3.8, 4) is 0 Å². The second kappa shape index (κ2) is 12.7. The Bertz CT molecular complexity index is 1500. The zero-order chi connectivity index (χ0) is 28.9. The van der Waals surface area contributed by atoms with Gasteiger partial charge in [-0.1, -0.05) is 19.1 Å². The molecule has 8 nitrogen and oxygen atoms in total. The molecule has 216 valence electrons. The molecule has 1 amide bonds. The van der Waals surface area contributed by atoms with Gasteiger partial charge in [-0.3, -0.25) is 4.79 Å². The number of anilines is 2. The number of hydrogen-bond acceptors (Lipinski definition) is 6. The molecule has 0 spiro atoms. The van der Waals surface area contributed by atoms with Gasteiger partial charge in [0.05, 0.1) is 35.3 Å². The molecular weight excluding hydrogens is 526 g/mol. The number of nitrogens with zero attached hydrogens (tertiary/aromatic N) is 4. The van der Waals surface area contributed by atoms with E-state index in [2.05, 4.69) is 32.7 Å². The van der Waals surface area contributed by atoms with Crippen LogP contribution in [0.15, 0.2) is 60.8 Å². The van der Waals surface area contributed by atoms with Crippen molar-refractivity contribution in [1.82, 2.24) is 14.8 Å². The number of likely N-dealkylation sites (N-methyl/N-ethyl adjacent to an activating group) is 1. The van der Waals surface area contributed by atoms with Gasteiger partial charge in [0, 0.05) is 51.3 Å². The summed E-state index contributed by atoms with van der Waals surface area (Å²) in [5.74, 6) is -1.39. The molecule has 2 heterocycles. The van der Waals surface area contributed by atoms with Gasteiger partial charge in [0.1, 0.15) is 11.6 Å². The van der Waals surface area contributed by atoms with Crippen LogP contribution in [0, 0.1) is 11.6 Å². The molecule has 3 aromatic carbocycles. The van der Waals surface area contributed by atoms with E-state index in [4.69, 9.17) is 4.74 Å². The lowest BCUT2D eigenvalue weighted by Gasteiger charge is -2.36. The fraction of sp³-hybridized carbons (Fsp3) is 0.355. The molecule has 1 aromatic heterocycles. The molecule has 0 saturated carbocycles. The average molecular weight is 563 g/mol. The van der Waals surface area contributed by atoms with Crippen molar-refractivity contribution in [2.75, 3.05) is 69.1 Å². The first-order valence-corrected chi connectivity index (χ1v) is 13.9. The molecule has 0 radical (unpaired) electrons. The number of methoxy groups -OCH3 is 1. The lowest BCUT2D eigenvalue weighted by Crippen LogP contribution is -2.45. The van der Waals surface area contributed by atoms with Gasteiger partial charge in [-0.2, -0.15) is 9.89 Å². The summed E-state index contributed by atoms with van der Waals surface area (Å²) in [6.07, 6.45) is 2.20. The van der Waals surface area contributed by atoms with Gasteiger partial charge in [-0.25, -0.2) is 14.2 Å². The predicted molar refractivity (Wildman–Crippen MR) is 158 cm³/mol. The van der Waals surface area contributed by atoms with E-state index < -0.39 is 11.6 Å². The van der Waals surface area contributed by atoms with E-state index in [1.165, 1.54) is 16.9 Å². The summed E-state index contributed by atoms with van der Waals surface area (Å²) in [6.45, 7) is 6.64. The Labute approximate surface area is 238 Å². The third-order valence-corrected chi connectivity index (χ3v) is 7.55. The molecule has 1 aliphatic rings. The minimum absolute atomic E-state index is 0.0260. The summed E-state index contributed by atoms with van der Waals surface area (Å²) in [6, 6.07) is 15.2. The number of rotatable bonds is 10. The Morgan fingerprint density at radius 2 is 1.80 bits per heavy atom. The highest BCUT2D eigenvalue weighted by Crippen LogP contribution is 2.32. The van der Waals surface area contributed by atoms with Crippen molar-refractivity contribution < 1.29 is 18.3 Å². The zero-order valence-electron chi connectivity index (χ0n) is 23.7. The van der Waals surface area contributed by atoms with Crippen LogP contribution in [0.5, 0.6) is 0 Å². The minimum Gasteiger partial charge on any atom is -0.383 e. The molecule has 41 heavy (non-hydrogen) atoms. The maximum absolute atomic E-state index is 13.7. The van der Waals surface area contributed by atoms with Crippen molar-refractivity contribution in [1.29, 1.82) is 0 Å². The van der Waals surface area contributed by atoms with Crippen molar-refractivity contribution in [3.63, 3.8) is 0 Å². The molecule has 0 aliphatic carbocycles. The van der Waals surface area contributed by atoms with E-state index in [0.29, 0.717) is 30.7 Å². The summed E-state index contributed by atoms with van der Waals surface area (Å²) in [4.78, 5) is 19.7. The fourth-order valence-electron chi connectivity index (χ4n) is 5.33. The van der Waals surface area contributed by atoms with Gasteiger partial charge in [0.15, 0.2) is 0 Å². The van der Waals surface area contributed by atoms with Crippen molar-refractivity contribution in [3.05, 3.63) is 89.1 Å². The van der Waals surface area contributed by atoms with E-state index >= 15 is 0 Å². The van der Waals surface area contributed by atoms with Crippen molar-refractivity contribution in [2.24, 2.45) is 0 Å². The Morgan fingerprint density at radius 3 is 2.54 bits per heavy atom. The Hall–Kier alpha value is -4.02. The molecular formula is C31H36F2N6O2. The summed E-state index contributed by atoms with van der Waals surface area (Å²) in [7, 11) is 3.76. The number of hydrogen-bond donors (Lipinski definition) is 2. The molecule has 1 fully saturated rings. The Morgan fingerprint density at radius 1 is 1.05 bits per heavy atom. The number of ether oxygens (including phenoxy) is 1. The lowest BCUT2D eigenvalue weighted by atomic mass is 9.93. The highest BCUT2D eigenvalue weighted by molar-refractivity contribution is 6.07. The quantitative estimate of drug-likeness (QED) is 0.269. The van der Waals surface area contributed by atoms with Crippen molar-refractivity contribution in [2.45, 2.75) is 19.3 Å². The maximum Gasteiger partial charge on any atom is 0.273 e. The van der Waals surface area contributed by atoms with E-state index in [0.717, 1.165) is 60.1 Å². The van der Waals surface area contributed by atoms with Crippen LogP contribution in [0.2, 0.25) is 0 Å². The largest absolute Gasteiger partial charge is 0.383 e. The number of benzene rings is 3. The third-order valence-electron chi connectivity index (χ3n) is 7.55. The number of carbonyl (C=O) groups excluding carboxylic acids is 1. The summed E-state index contributed by atoms with van der Waals surface area (Å²) < 4.78 is 32.5. The SMILES string of the molecule is COCCNc1cccc(C(=O)Nn2ncc3cc(C(C)Cc4cc(F)cc(F)c4)ccc32)c1N1CCN(C)CC1. The topological polar surface area (TPSA) is 74.7 Å². The van der Waals surface area contributed by atoms with Gasteiger partial charge in [-0.05, 0) is 66.9 Å². The molecule has 1 unspecified atom stereocenters. The van der Waals surface area contributed by atoms with E-state index in [1.54, 1.807) is 13.3 Å². The van der Waals surface area contributed by atoms with E-state index in [1.807, 2.05) is 43.3 Å². The lowest BCUT2D eigenvalue weighted by molar-refractivity contribution is 0.101. The van der Waals surface area contributed by atoms with Crippen LogP contribution in [-0.4, -0.2) is 74.2 Å². The second-order valence-corrected chi connectivity index (χ2v) is 10.6. The number of piperazine rings is 1. The van der Waals surface area contributed by atoms with Crippen LogP contribution in [0.1, 0.15) is 34.3 Å². The standard InChI is InChI=1S/C31H36F2N6O2/c1-21(15-22-16-25(32)19-26(33)17-22)23-7-8-29-24(18-23)20-35-39(29)36-31(40)27-5-4-6-28(34-9-14-41-3)30(27)38-12-10-37(2)11-13-38/h4-8,16-21,34H,9-15H2,1-3H3,(H,36,40). The maximum atomic E-state index is 13.7. The normalized spacial score (nSPS) is 14.8. The summed E-state index contributed by atoms with van der Waals surface area (Å²) >= 11 is 0. The Kier molecular flexibility index (Phi) is 8.80. The van der Waals surface area contributed by atoms with Gasteiger partial charge in [0.2, 0.25) is 0 Å². The van der Waals surface area contributed by atoms with Crippen LogP contribution in [0.25, 0.3) is 10.9 Å². The predicted octanol–water partition coefficient (Wildman–Crippen LogP) is 4.85. The summed E-state index contributed by atoms with van der Waals surface area (Å²) in [5, 5.41) is 8.72. The fourth-order valence-corrected chi connectivity index (χ4v) is 5.33. The molecule has 0 bridgehead atoms. The molecule has 1 atom stereocenters. The zero-order valence-corrected chi connectivity index (χ0v) is 23.7. The monoisotopic (exact) mass is 562 g/mol. The Balaban J connectivity index is 1.37. The highest BCUT2D eigenvalue weighted by atomic mass is 19.1. The first-order valence-electron chi connectivity index (χ1n) is 13.9. The second-order valence-electron chi connectivity index (χ2n) is 10.6. The number of aromatic nitrogens is 2. The number of nitrogens with one attached hydrogen (secondary N) is 2. The van der Waals surface area contributed by atoms with Crippen LogP contribution >= 0.6 is 0 Å². The minimum atomic E-state index is -0.577. The number of carbonyl (C=O) groups is 1. The molecule has 1 saturated heterocycles. The number of halogens is 2. The molecule has 5 rings (SSSR count). The number of para-hydroxylation sites is 1. The number of fused-ring (bicyclic) bond motifs is 1. The van der Waals surface area contributed by atoms with Crippen LogP contribution in [-0.2, 0) is 11.2 Å². The molecule has 4 aromatic rings. The van der Waals surface area contributed by atoms with Gasteiger partial charge >= 0.3 is 0 Å². The first kappa shape index (κ1) is 28.5. The van der Waals surface area contributed by atoms with Crippen molar-refractivity contribution >= 4 is 28.2 Å². The molecule has 2 N–H and O–H groups in total. The van der Waals surface area contributed by atoms with E-state index in [-0.39, 0.29) is 11.8 Å². The van der Waals surface area contributed by atoms with Gasteiger partial charge in [-0.15, -0.1) is 0 Å². The number of amides is 1. The molecule has 1 aliphatic heterocycles. The summed E-state index contributed by atoms with van der Waals surface area (Å²) in [5.41, 5.74) is 7.65. The van der Waals surface area contributed by atoms with E-state index in [9.17, 15) is 13.6 Å². The van der Waals surface area contributed by atoms with Gasteiger partial charge < -0.3 is 19.9 Å². The van der Waals surface area contributed by atoms with Crippen LogP contribution in [0.4, 0.5) is 20.2 Å². The smallest absolute Gasteiger partial charge is 0.273 e.